The van der Waals surface area contributed by atoms with Gasteiger partial charge in [0.15, 0.2) is 0 Å². The maximum absolute atomic E-state index is 12.4. The molecule has 25 heavy (non-hydrogen) atoms. The lowest BCUT2D eigenvalue weighted by Crippen LogP contribution is -2.28. The number of benzene rings is 1. The topological polar surface area (TPSA) is 54.5 Å². The largest absolute Gasteiger partial charge is 0.476 e. The van der Waals surface area contributed by atoms with Gasteiger partial charge in [-0.25, -0.2) is 4.98 Å². The molecule has 2 rings (SSSR count). The number of nitrogens with zero attached hydrogens (tertiary/aromatic N) is 2. The van der Waals surface area contributed by atoms with Gasteiger partial charge in [0.25, 0.3) is 5.91 Å². The Morgan fingerprint density at radius 3 is 2.36 bits per heavy atom. The quantitative estimate of drug-likeness (QED) is 0.796. The van der Waals surface area contributed by atoms with E-state index in [-0.39, 0.29) is 5.91 Å². The Morgan fingerprint density at radius 1 is 1.12 bits per heavy atom. The lowest BCUT2D eigenvalue weighted by Gasteiger charge is -2.17. The number of ether oxygens (including phenoxy) is 1. The van der Waals surface area contributed by atoms with E-state index in [1.54, 1.807) is 18.3 Å². The molecule has 0 atom stereocenters. The molecule has 0 bridgehead atoms. The van der Waals surface area contributed by atoms with Crippen LogP contribution < -0.4 is 10.1 Å². The summed E-state index contributed by atoms with van der Waals surface area (Å²) in [5.41, 5.74) is 3.45. The number of likely N-dealkylation sites (N-methyl/N-ethyl adjacent to an activating group) is 1. The average Bonchev–Trinajstić information content (AvgIpc) is 2.62. The standard InChI is InChI=1S/C20H27N3O2/c1-5-23(6-2)12-13-25-18-11-10-17(14-21-18)20(24)22-19-15(3)8-7-9-16(19)4/h7-11,14H,5-6,12-13H2,1-4H3,(H,22,24). The minimum atomic E-state index is -0.167. The molecule has 1 aromatic heterocycles. The second-order valence-electron chi connectivity index (χ2n) is 5.98. The van der Waals surface area contributed by atoms with Crippen molar-refractivity contribution in [3.8, 4) is 5.88 Å². The van der Waals surface area contributed by atoms with E-state index in [4.69, 9.17) is 4.74 Å². The predicted molar refractivity (Wildman–Crippen MR) is 101 cm³/mol. The van der Waals surface area contributed by atoms with Crippen molar-refractivity contribution in [1.82, 2.24) is 9.88 Å². The number of amides is 1. The Bertz CT molecular complexity index is 674. The van der Waals surface area contributed by atoms with Crippen molar-refractivity contribution in [2.45, 2.75) is 27.7 Å². The van der Waals surface area contributed by atoms with Crippen LogP contribution in [0.3, 0.4) is 0 Å². The van der Waals surface area contributed by atoms with Gasteiger partial charge < -0.3 is 15.0 Å². The molecule has 5 nitrogen and oxygen atoms in total. The Labute approximate surface area is 150 Å². The molecule has 0 aliphatic carbocycles. The molecule has 0 fully saturated rings. The molecule has 1 N–H and O–H groups in total. The maximum atomic E-state index is 12.4. The van der Waals surface area contributed by atoms with Gasteiger partial charge in [-0.2, -0.15) is 0 Å². The molecule has 0 saturated heterocycles. The summed E-state index contributed by atoms with van der Waals surface area (Å²) in [6, 6.07) is 9.41. The number of carbonyl (C=O) groups excluding carboxylic acids is 1. The van der Waals surface area contributed by atoms with E-state index in [9.17, 15) is 4.79 Å². The van der Waals surface area contributed by atoms with Gasteiger partial charge in [0.05, 0.1) is 5.56 Å². The average molecular weight is 341 g/mol. The highest BCUT2D eigenvalue weighted by molar-refractivity contribution is 6.04. The highest BCUT2D eigenvalue weighted by Gasteiger charge is 2.10. The van der Waals surface area contributed by atoms with Crippen LogP contribution in [0.15, 0.2) is 36.5 Å². The van der Waals surface area contributed by atoms with Crippen molar-refractivity contribution < 1.29 is 9.53 Å². The van der Waals surface area contributed by atoms with E-state index in [1.165, 1.54) is 0 Å². The summed E-state index contributed by atoms with van der Waals surface area (Å²) in [5, 5.41) is 2.96. The summed E-state index contributed by atoms with van der Waals surface area (Å²) in [4.78, 5) is 18.9. The molecular formula is C20H27N3O2. The smallest absolute Gasteiger partial charge is 0.257 e. The number of rotatable bonds is 8. The number of aromatic nitrogens is 1. The fourth-order valence-electron chi connectivity index (χ4n) is 2.62. The van der Waals surface area contributed by atoms with E-state index in [1.807, 2.05) is 32.0 Å². The van der Waals surface area contributed by atoms with Crippen LogP contribution in [-0.4, -0.2) is 42.0 Å². The lowest BCUT2D eigenvalue weighted by molar-refractivity contribution is 0.102. The summed E-state index contributed by atoms with van der Waals surface area (Å²) < 4.78 is 5.65. The van der Waals surface area contributed by atoms with Crippen molar-refractivity contribution in [2.75, 3.05) is 31.6 Å². The molecule has 0 saturated carbocycles. The van der Waals surface area contributed by atoms with Crippen LogP contribution >= 0.6 is 0 Å². The second-order valence-corrected chi connectivity index (χ2v) is 5.98. The number of anilines is 1. The first-order valence-corrected chi connectivity index (χ1v) is 8.74. The van der Waals surface area contributed by atoms with Crippen LogP contribution in [0.25, 0.3) is 0 Å². The summed E-state index contributed by atoms with van der Waals surface area (Å²) in [5.74, 6) is 0.371. The third-order valence-electron chi connectivity index (χ3n) is 4.27. The zero-order chi connectivity index (χ0) is 18.2. The van der Waals surface area contributed by atoms with Gasteiger partial charge in [0.2, 0.25) is 5.88 Å². The summed E-state index contributed by atoms with van der Waals surface area (Å²) in [6.07, 6.45) is 1.55. The lowest BCUT2D eigenvalue weighted by atomic mass is 10.1. The van der Waals surface area contributed by atoms with Crippen molar-refractivity contribution in [3.05, 3.63) is 53.2 Å². The normalized spacial score (nSPS) is 10.8. The first-order chi connectivity index (χ1) is 12.0. The van der Waals surface area contributed by atoms with E-state index in [0.717, 1.165) is 36.4 Å². The SMILES string of the molecule is CCN(CC)CCOc1ccc(C(=O)Nc2c(C)cccc2C)cn1. The number of para-hydroxylation sites is 1. The number of hydrogen-bond donors (Lipinski definition) is 1. The van der Waals surface area contributed by atoms with E-state index >= 15 is 0 Å². The number of hydrogen-bond acceptors (Lipinski definition) is 4. The Hall–Kier alpha value is -2.40. The van der Waals surface area contributed by atoms with Gasteiger partial charge in [-0.15, -0.1) is 0 Å². The van der Waals surface area contributed by atoms with Gasteiger partial charge in [0.1, 0.15) is 6.61 Å². The molecule has 0 unspecified atom stereocenters. The Morgan fingerprint density at radius 2 is 1.80 bits per heavy atom. The zero-order valence-corrected chi connectivity index (χ0v) is 15.5. The first-order valence-electron chi connectivity index (χ1n) is 8.74. The molecule has 0 radical (unpaired) electrons. The van der Waals surface area contributed by atoms with E-state index in [2.05, 4.69) is 29.0 Å². The molecule has 2 aromatic rings. The van der Waals surface area contributed by atoms with Crippen molar-refractivity contribution in [3.63, 3.8) is 0 Å². The van der Waals surface area contributed by atoms with Crippen LogP contribution in [-0.2, 0) is 0 Å². The van der Waals surface area contributed by atoms with Gasteiger partial charge in [-0.05, 0) is 44.1 Å². The van der Waals surface area contributed by atoms with Gasteiger partial charge in [-0.3, -0.25) is 4.79 Å². The number of pyridine rings is 1. The monoisotopic (exact) mass is 341 g/mol. The molecule has 5 heteroatoms. The summed E-state index contributed by atoms with van der Waals surface area (Å²) in [6.45, 7) is 11.7. The fourth-order valence-corrected chi connectivity index (χ4v) is 2.62. The second kappa shape index (κ2) is 9.18. The van der Waals surface area contributed by atoms with Crippen LogP contribution in [0.5, 0.6) is 5.88 Å². The van der Waals surface area contributed by atoms with Gasteiger partial charge in [0, 0.05) is 24.5 Å². The van der Waals surface area contributed by atoms with Crippen LogP contribution in [0, 0.1) is 13.8 Å². The molecular weight excluding hydrogens is 314 g/mol. The minimum Gasteiger partial charge on any atom is -0.476 e. The maximum Gasteiger partial charge on any atom is 0.257 e. The molecule has 1 heterocycles. The van der Waals surface area contributed by atoms with Gasteiger partial charge in [-0.1, -0.05) is 32.0 Å². The molecule has 134 valence electrons. The third-order valence-corrected chi connectivity index (χ3v) is 4.27. The van der Waals surface area contributed by atoms with E-state index in [0.29, 0.717) is 18.1 Å². The highest BCUT2D eigenvalue weighted by atomic mass is 16.5. The van der Waals surface area contributed by atoms with Crippen LogP contribution in [0.2, 0.25) is 0 Å². The highest BCUT2D eigenvalue weighted by Crippen LogP contribution is 2.20. The zero-order valence-electron chi connectivity index (χ0n) is 15.5. The van der Waals surface area contributed by atoms with Crippen molar-refractivity contribution in [2.24, 2.45) is 0 Å². The van der Waals surface area contributed by atoms with Gasteiger partial charge >= 0.3 is 0 Å². The molecule has 1 amide bonds. The third kappa shape index (κ3) is 5.29. The molecule has 0 aliphatic heterocycles. The number of carbonyl (C=O) groups is 1. The Balaban J connectivity index is 1.94. The van der Waals surface area contributed by atoms with Crippen LogP contribution in [0.4, 0.5) is 5.69 Å². The van der Waals surface area contributed by atoms with Crippen molar-refractivity contribution in [1.29, 1.82) is 0 Å². The number of aryl methyl sites for hydroxylation is 2. The van der Waals surface area contributed by atoms with E-state index < -0.39 is 0 Å². The summed E-state index contributed by atoms with van der Waals surface area (Å²) in [7, 11) is 0. The molecule has 0 spiro atoms. The predicted octanol–water partition coefficient (Wildman–Crippen LogP) is 3.67. The Kier molecular flexibility index (Phi) is 6.95. The molecule has 1 aromatic carbocycles. The minimum absolute atomic E-state index is 0.167. The summed E-state index contributed by atoms with van der Waals surface area (Å²) >= 11 is 0. The van der Waals surface area contributed by atoms with Crippen molar-refractivity contribution >= 4 is 11.6 Å². The first kappa shape index (κ1) is 18.9. The molecule has 0 aliphatic rings. The number of nitrogens with one attached hydrogen (secondary N) is 1. The van der Waals surface area contributed by atoms with Crippen LogP contribution in [0.1, 0.15) is 35.3 Å². The fraction of sp³-hybridized carbons (Fsp3) is 0.400.